The second-order valence-corrected chi connectivity index (χ2v) is 6.15. The van der Waals surface area contributed by atoms with Gasteiger partial charge in [-0.3, -0.25) is 4.79 Å². The number of rotatable bonds is 4. The Morgan fingerprint density at radius 2 is 2.10 bits per heavy atom. The van der Waals surface area contributed by atoms with E-state index in [9.17, 15) is 4.79 Å². The summed E-state index contributed by atoms with van der Waals surface area (Å²) in [5, 5.41) is 0. The van der Waals surface area contributed by atoms with Crippen LogP contribution in [0, 0.1) is 0 Å². The summed E-state index contributed by atoms with van der Waals surface area (Å²) in [6, 6.07) is 8.53. The molecule has 1 aromatic heterocycles. The number of imidazole rings is 1. The van der Waals surface area contributed by atoms with Crippen molar-refractivity contribution in [3.05, 3.63) is 30.1 Å². The zero-order valence-electron chi connectivity index (χ0n) is 13.0. The van der Waals surface area contributed by atoms with Crippen LogP contribution in [0.15, 0.2) is 24.3 Å². The van der Waals surface area contributed by atoms with Crippen molar-refractivity contribution in [2.75, 3.05) is 6.54 Å². The van der Waals surface area contributed by atoms with E-state index in [1.807, 2.05) is 11.0 Å². The van der Waals surface area contributed by atoms with Crippen molar-refractivity contribution < 1.29 is 4.79 Å². The summed E-state index contributed by atoms with van der Waals surface area (Å²) in [6.07, 6.45) is 1.66. The largest absolute Gasteiger partial charge is 0.340 e. The van der Waals surface area contributed by atoms with E-state index >= 15 is 0 Å². The Hall–Kier alpha value is -1.84. The highest BCUT2D eigenvalue weighted by Gasteiger charge is 2.34. The first kappa shape index (κ1) is 14.1. The monoisotopic (exact) mass is 285 g/mol. The highest BCUT2D eigenvalue weighted by atomic mass is 16.2. The summed E-state index contributed by atoms with van der Waals surface area (Å²) in [6.45, 7) is 8.09. The number of carbonyl (C=O) groups excluding carboxylic acids is 1. The highest BCUT2D eigenvalue weighted by Crippen LogP contribution is 2.31. The molecule has 1 atom stereocenters. The maximum atomic E-state index is 12.2. The van der Waals surface area contributed by atoms with E-state index in [0.29, 0.717) is 6.42 Å². The molecule has 0 spiro atoms. The predicted molar refractivity (Wildman–Crippen MR) is 84.2 cm³/mol. The fraction of sp³-hybridized carbons (Fsp3) is 0.529. The average molecular weight is 285 g/mol. The molecule has 112 valence electrons. The normalized spacial score (nSPS) is 19.1. The lowest BCUT2D eigenvalue weighted by Crippen LogP contribution is -2.32. The van der Waals surface area contributed by atoms with Crippen LogP contribution < -0.4 is 0 Å². The molecule has 4 nitrogen and oxygen atoms in total. The Kier molecular flexibility index (Phi) is 3.70. The molecule has 1 aliphatic heterocycles. The Balaban J connectivity index is 2.00. The molecule has 0 radical (unpaired) electrons. The van der Waals surface area contributed by atoms with E-state index in [4.69, 9.17) is 4.98 Å². The van der Waals surface area contributed by atoms with Gasteiger partial charge >= 0.3 is 0 Å². The first-order chi connectivity index (χ1) is 10.1. The maximum absolute atomic E-state index is 12.2. The smallest absolute Gasteiger partial charge is 0.223 e. The van der Waals surface area contributed by atoms with Gasteiger partial charge in [-0.15, -0.1) is 0 Å². The number of aromatic nitrogens is 2. The number of benzene rings is 1. The minimum Gasteiger partial charge on any atom is -0.340 e. The van der Waals surface area contributed by atoms with Crippen LogP contribution in [0.4, 0.5) is 0 Å². The molecule has 21 heavy (non-hydrogen) atoms. The van der Waals surface area contributed by atoms with Crippen LogP contribution in [-0.2, 0) is 11.3 Å². The number of aryl methyl sites for hydroxylation is 1. The Morgan fingerprint density at radius 3 is 2.76 bits per heavy atom. The van der Waals surface area contributed by atoms with Gasteiger partial charge in [-0.25, -0.2) is 4.98 Å². The van der Waals surface area contributed by atoms with Gasteiger partial charge in [0.1, 0.15) is 5.82 Å². The number of amides is 1. The first-order valence-electron chi connectivity index (χ1n) is 7.86. The molecule has 0 aliphatic carbocycles. The minimum atomic E-state index is 0.221. The number of carbonyl (C=O) groups is 1. The van der Waals surface area contributed by atoms with Gasteiger partial charge in [-0.1, -0.05) is 19.1 Å². The molecule has 1 fully saturated rings. The van der Waals surface area contributed by atoms with E-state index < -0.39 is 0 Å². The van der Waals surface area contributed by atoms with Crippen molar-refractivity contribution in [2.24, 2.45) is 0 Å². The Bertz CT molecular complexity index is 659. The number of nitrogens with zero attached hydrogens (tertiary/aromatic N) is 3. The SMILES string of the molecule is CCCn1c([C@@H]2CC(=O)N(C(C)C)C2)nc2ccccc21. The second kappa shape index (κ2) is 5.51. The van der Waals surface area contributed by atoms with Gasteiger partial charge in [0.2, 0.25) is 5.91 Å². The molecule has 2 aromatic rings. The lowest BCUT2D eigenvalue weighted by molar-refractivity contribution is -0.129. The number of fused-ring (bicyclic) bond motifs is 1. The zero-order chi connectivity index (χ0) is 15.0. The van der Waals surface area contributed by atoms with E-state index in [1.54, 1.807) is 0 Å². The third-order valence-electron chi connectivity index (χ3n) is 4.28. The predicted octanol–water partition coefficient (Wildman–Crippen LogP) is 3.17. The topological polar surface area (TPSA) is 38.1 Å². The number of hydrogen-bond acceptors (Lipinski definition) is 2. The van der Waals surface area contributed by atoms with Crippen LogP contribution in [0.1, 0.15) is 45.4 Å². The van der Waals surface area contributed by atoms with Crippen LogP contribution in [0.5, 0.6) is 0 Å². The first-order valence-corrected chi connectivity index (χ1v) is 7.86. The van der Waals surface area contributed by atoms with Gasteiger partial charge in [0.25, 0.3) is 0 Å². The second-order valence-electron chi connectivity index (χ2n) is 6.15. The van der Waals surface area contributed by atoms with Gasteiger partial charge < -0.3 is 9.47 Å². The third-order valence-corrected chi connectivity index (χ3v) is 4.28. The van der Waals surface area contributed by atoms with Crippen LogP contribution in [-0.4, -0.2) is 32.9 Å². The number of para-hydroxylation sites is 2. The van der Waals surface area contributed by atoms with E-state index in [-0.39, 0.29) is 17.9 Å². The maximum Gasteiger partial charge on any atom is 0.223 e. The van der Waals surface area contributed by atoms with Gasteiger partial charge in [0.15, 0.2) is 0 Å². The molecule has 3 rings (SSSR count). The van der Waals surface area contributed by atoms with Crippen LogP contribution >= 0.6 is 0 Å². The van der Waals surface area contributed by atoms with Crippen molar-refractivity contribution in [2.45, 2.75) is 52.1 Å². The lowest BCUT2D eigenvalue weighted by Gasteiger charge is -2.21. The van der Waals surface area contributed by atoms with E-state index in [2.05, 4.69) is 43.5 Å². The van der Waals surface area contributed by atoms with E-state index in [1.165, 1.54) is 5.52 Å². The van der Waals surface area contributed by atoms with Gasteiger partial charge in [0, 0.05) is 31.5 Å². The van der Waals surface area contributed by atoms with Crippen LogP contribution in [0.25, 0.3) is 11.0 Å². The summed E-state index contributed by atoms with van der Waals surface area (Å²) < 4.78 is 2.30. The van der Waals surface area contributed by atoms with Crippen molar-refractivity contribution in [1.29, 1.82) is 0 Å². The number of likely N-dealkylation sites (tertiary alicyclic amines) is 1. The Labute approximate surface area is 125 Å². The Morgan fingerprint density at radius 1 is 1.33 bits per heavy atom. The van der Waals surface area contributed by atoms with Gasteiger partial charge in [-0.05, 0) is 32.4 Å². The molecule has 4 heteroatoms. The van der Waals surface area contributed by atoms with Crippen LogP contribution in [0.2, 0.25) is 0 Å². The molecule has 1 aromatic carbocycles. The fourth-order valence-corrected chi connectivity index (χ4v) is 3.27. The standard InChI is InChI=1S/C17H23N3O/c1-4-9-19-15-8-6-5-7-14(15)18-17(19)13-10-16(21)20(11-13)12(2)3/h5-8,12-13H,4,9-11H2,1-3H3/t13-/m1/s1. The van der Waals surface area contributed by atoms with Gasteiger partial charge in [-0.2, -0.15) is 0 Å². The molecule has 0 N–H and O–H groups in total. The third kappa shape index (κ3) is 2.43. The summed E-state index contributed by atoms with van der Waals surface area (Å²) in [5.74, 6) is 1.55. The number of hydrogen-bond donors (Lipinski definition) is 0. The van der Waals surface area contributed by atoms with Crippen molar-refractivity contribution >= 4 is 16.9 Å². The molecule has 0 unspecified atom stereocenters. The molecule has 1 aliphatic rings. The summed E-state index contributed by atoms with van der Waals surface area (Å²) in [7, 11) is 0. The summed E-state index contributed by atoms with van der Waals surface area (Å²) in [4.78, 5) is 19.0. The fourth-order valence-electron chi connectivity index (χ4n) is 3.27. The summed E-state index contributed by atoms with van der Waals surface area (Å²) in [5.41, 5.74) is 2.22. The molecule has 1 saturated heterocycles. The molecule has 0 saturated carbocycles. The quantitative estimate of drug-likeness (QED) is 0.865. The molecular weight excluding hydrogens is 262 g/mol. The van der Waals surface area contributed by atoms with Crippen molar-refractivity contribution in [1.82, 2.24) is 14.5 Å². The molecule has 0 bridgehead atoms. The van der Waals surface area contributed by atoms with Crippen LogP contribution in [0.3, 0.4) is 0 Å². The highest BCUT2D eigenvalue weighted by molar-refractivity contribution is 5.81. The van der Waals surface area contributed by atoms with Crippen molar-refractivity contribution in [3.63, 3.8) is 0 Å². The molecule has 1 amide bonds. The van der Waals surface area contributed by atoms with Gasteiger partial charge in [0.05, 0.1) is 11.0 Å². The average Bonchev–Trinajstić information content (AvgIpc) is 3.01. The lowest BCUT2D eigenvalue weighted by atomic mass is 10.1. The summed E-state index contributed by atoms with van der Waals surface area (Å²) >= 11 is 0. The van der Waals surface area contributed by atoms with Crippen molar-refractivity contribution in [3.8, 4) is 0 Å². The minimum absolute atomic E-state index is 0.221. The molecule has 2 heterocycles. The van der Waals surface area contributed by atoms with E-state index in [0.717, 1.165) is 30.9 Å². The zero-order valence-corrected chi connectivity index (χ0v) is 13.0. The molecular formula is C17H23N3O.